The Morgan fingerprint density at radius 2 is 1.76 bits per heavy atom. The fourth-order valence-corrected chi connectivity index (χ4v) is 8.53. The zero-order chi connectivity index (χ0) is 36.6. The van der Waals surface area contributed by atoms with Gasteiger partial charge in [0.2, 0.25) is 21.8 Å². The van der Waals surface area contributed by atoms with Gasteiger partial charge in [-0.25, -0.2) is 18.0 Å². The molecule has 1 aromatic carbocycles. The molecule has 3 fully saturated rings. The molecule has 14 nitrogen and oxygen atoms in total. The lowest BCUT2D eigenvalue weighted by Gasteiger charge is -2.30. The van der Waals surface area contributed by atoms with Gasteiger partial charge in [-0.05, 0) is 76.8 Å². The van der Waals surface area contributed by atoms with Crippen LogP contribution in [0.1, 0.15) is 89.7 Å². The number of nitrogens with zero attached hydrogens (tertiary/aromatic N) is 2. The maximum absolute atomic E-state index is 14.3. The first kappa shape index (κ1) is 36.6. The van der Waals surface area contributed by atoms with Crippen molar-refractivity contribution in [1.82, 2.24) is 25.2 Å². The first-order chi connectivity index (χ1) is 24.1. The smallest absolute Gasteiger partial charge is 0.410 e. The second-order valence-corrected chi connectivity index (χ2v) is 17.4. The van der Waals surface area contributed by atoms with Gasteiger partial charge in [0.25, 0.3) is 5.91 Å². The minimum atomic E-state index is -3.89. The number of hydrogen-bond acceptors (Lipinski definition) is 9. The van der Waals surface area contributed by atoms with Crippen molar-refractivity contribution in [2.45, 2.75) is 126 Å². The molecule has 5 atom stereocenters. The molecule has 3 aliphatic heterocycles. The van der Waals surface area contributed by atoms with Crippen LogP contribution >= 0.6 is 0 Å². The largest absolute Gasteiger partial charge is 0.444 e. The zero-order valence-corrected chi connectivity index (χ0v) is 30.3. The SMILES string of the molecule is CC(C)(C)OC(=O)N[C@H]1CCCCC/C=C\[C@H]2C[C@@]2(C(=O)NS(=O)(=O)C2CC2)NC(=O)C2C[C@@H](OC(=O)N3CCc4ccccc4C3)CN2C1=O. The van der Waals surface area contributed by atoms with E-state index in [9.17, 15) is 32.4 Å². The van der Waals surface area contributed by atoms with Crippen LogP contribution in [0.25, 0.3) is 0 Å². The van der Waals surface area contributed by atoms with Crippen LogP contribution in [-0.2, 0) is 46.8 Å². The summed E-state index contributed by atoms with van der Waals surface area (Å²) >= 11 is 0. The number of carbonyl (C=O) groups excluding carboxylic acids is 5. The molecule has 3 heterocycles. The van der Waals surface area contributed by atoms with Gasteiger partial charge in [-0.2, -0.15) is 0 Å². The van der Waals surface area contributed by atoms with E-state index >= 15 is 0 Å². The van der Waals surface area contributed by atoms with E-state index in [2.05, 4.69) is 15.4 Å². The molecule has 51 heavy (non-hydrogen) atoms. The van der Waals surface area contributed by atoms with Crippen molar-refractivity contribution in [3.8, 4) is 0 Å². The van der Waals surface area contributed by atoms with Crippen LogP contribution in [0.2, 0.25) is 0 Å². The number of alkyl carbamates (subject to hydrolysis) is 1. The number of amides is 5. The first-order valence-electron chi connectivity index (χ1n) is 18.0. The van der Waals surface area contributed by atoms with Crippen LogP contribution in [0.5, 0.6) is 0 Å². The fraction of sp³-hybridized carbons (Fsp3) is 0.639. The molecule has 1 saturated heterocycles. The van der Waals surface area contributed by atoms with E-state index in [0.29, 0.717) is 45.2 Å². The molecule has 0 radical (unpaired) electrons. The van der Waals surface area contributed by atoms with Crippen molar-refractivity contribution in [2.24, 2.45) is 5.92 Å². The van der Waals surface area contributed by atoms with Crippen molar-refractivity contribution in [3.05, 3.63) is 47.5 Å². The summed E-state index contributed by atoms with van der Waals surface area (Å²) in [7, 11) is -3.89. The summed E-state index contributed by atoms with van der Waals surface area (Å²) in [5.74, 6) is -2.46. The van der Waals surface area contributed by atoms with Crippen molar-refractivity contribution in [2.75, 3.05) is 13.1 Å². The summed E-state index contributed by atoms with van der Waals surface area (Å²) in [6.45, 7) is 5.85. The highest BCUT2D eigenvalue weighted by atomic mass is 32.2. The number of hydrogen-bond donors (Lipinski definition) is 3. The van der Waals surface area contributed by atoms with Gasteiger partial charge in [-0.15, -0.1) is 0 Å². The maximum atomic E-state index is 14.3. The van der Waals surface area contributed by atoms with E-state index in [1.54, 1.807) is 25.7 Å². The molecular formula is C36H49N5O9S. The molecule has 2 saturated carbocycles. The molecular weight excluding hydrogens is 678 g/mol. The molecule has 1 unspecified atom stereocenters. The Balaban J connectivity index is 1.25. The molecule has 278 valence electrons. The predicted molar refractivity (Wildman–Crippen MR) is 185 cm³/mol. The van der Waals surface area contributed by atoms with Crippen molar-refractivity contribution in [3.63, 3.8) is 0 Å². The minimum absolute atomic E-state index is 0.0501. The number of benzene rings is 1. The lowest BCUT2D eigenvalue weighted by Crippen LogP contribution is -2.58. The van der Waals surface area contributed by atoms with Crippen LogP contribution in [0, 0.1) is 5.92 Å². The van der Waals surface area contributed by atoms with E-state index in [1.807, 2.05) is 36.4 Å². The van der Waals surface area contributed by atoms with Crippen molar-refractivity contribution >= 4 is 39.9 Å². The van der Waals surface area contributed by atoms with E-state index in [-0.39, 0.29) is 25.8 Å². The number of nitrogens with one attached hydrogen (secondary N) is 3. The Bertz CT molecular complexity index is 1690. The molecule has 0 spiro atoms. The third-order valence-corrected chi connectivity index (χ3v) is 12.0. The lowest BCUT2D eigenvalue weighted by atomic mass is 10.0. The Morgan fingerprint density at radius 1 is 1.02 bits per heavy atom. The highest BCUT2D eigenvalue weighted by Gasteiger charge is 2.62. The van der Waals surface area contributed by atoms with Gasteiger partial charge < -0.3 is 29.9 Å². The maximum Gasteiger partial charge on any atom is 0.410 e. The Labute approximate surface area is 299 Å². The molecule has 15 heteroatoms. The van der Waals surface area contributed by atoms with Gasteiger partial charge in [0.15, 0.2) is 0 Å². The number of allylic oxidation sites excluding steroid dienone is 1. The first-order valence-corrected chi connectivity index (χ1v) is 19.6. The number of carbonyl (C=O) groups is 5. The summed E-state index contributed by atoms with van der Waals surface area (Å²) in [4.78, 5) is 71.3. The number of rotatable bonds is 5. The molecule has 6 rings (SSSR count). The quantitative estimate of drug-likeness (QED) is 0.385. The van der Waals surface area contributed by atoms with Crippen molar-refractivity contribution < 1.29 is 41.9 Å². The third-order valence-electron chi connectivity index (χ3n) is 10.2. The van der Waals surface area contributed by atoms with Crippen molar-refractivity contribution in [1.29, 1.82) is 0 Å². The Morgan fingerprint density at radius 3 is 2.49 bits per heavy atom. The molecule has 5 amide bonds. The molecule has 2 aliphatic carbocycles. The fourth-order valence-electron chi connectivity index (χ4n) is 7.17. The average Bonchev–Trinajstić information content (AvgIpc) is 3.99. The highest BCUT2D eigenvalue weighted by molar-refractivity contribution is 7.91. The van der Waals surface area contributed by atoms with Gasteiger partial charge >= 0.3 is 12.2 Å². The van der Waals surface area contributed by atoms with Crippen LogP contribution < -0.4 is 15.4 Å². The minimum Gasteiger partial charge on any atom is -0.444 e. The van der Waals surface area contributed by atoms with Crippen LogP contribution in [0.4, 0.5) is 9.59 Å². The summed E-state index contributed by atoms with van der Waals surface area (Å²) < 4.78 is 39.1. The zero-order valence-electron chi connectivity index (χ0n) is 29.5. The van der Waals surface area contributed by atoms with E-state index in [0.717, 1.165) is 24.0 Å². The van der Waals surface area contributed by atoms with E-state index in [1.165, 1.54) is 4.90 Å². The number of sulfonamides is 1. The molecule has 1 aromatic rings. The van der Waals surface area contributed by atoms with Gasteiger partial charge in [0, 0.05) is 25.4 Å². The van der Waals surface area contributed by atoms with Gasteiger partial charge in [0.05, 0.1) is 11.8 Å². The standard InChI is InChI=1S/C36H49N5O9S/c1-35(2,3)50-33(45)37-28-14-8-6-4-5-7-13-25-20-36(25,32(44)39-51(47,48)27-15-16-27)38-30(42)29-19-26(22-41(29)31(28)43)49-34(46)40-18-17-23-11-9-10-12-24(23)21-40/h7,9-13,25-29H,4-6,8,14-22H2,1-3H3,(H,37,45)(H,38,42)(H,39,44)/b13-7-/t25-,26+,28-,29?,36+/m0/s1. The molecule has 0 aromatic heterocycles. The summed E-state index contributed by atoms with van der Waals surface area (Å²) in [5, 5.41) is 4.89. The van der Waals surface area contributed by atoms with Crippen LogP contribution in [0.15, 0.2) is 36.4 Å². The second-order valence-electron chi connectivity index (χ2n) is 15.4. The molecule has 3 N–H and O–H groups in total. The highest BCUT2D eigenvalue weighted by Crippen LogP contribution is 2.46. The number of ether oxygens (including phenoxy) is 2. The summed E-state index contributed by atoms with van der Waals surface area (Å²) in [6.07, 6.45) is 6.43. The monoisotopic (exact) mass is 727 g/mol. The average molecular weight is 728 g/mol. The Hall–Kier alpha value is -4.14. The summed E-state index contributed by atoms with van der Waals surface area (Å²) in [5.41, 5.74) is -0.151. The predicted octanol–water partition coefficient (Wildman–Crippen LogP) is 3.05. The molecule has 0 bridgehead atoms. The molecule has 5 aliphatic rings. The summed E-state index contributed by atoms with van der Waals surface area (Å²) in [6, 6.07) is 5.67. The van der Waals surface area contributed by atoms with Crippen LogP contribution in [0.3, 0.4) is 0 Å². The second kappa shape index (κ2) is 14.5. The normalized spacial score (nSPS) is 29.2. The van der Waals surface area contributed by atoms with Gasteiger partial charge in [-0.3, -0.25) is 19.1 Å². The lowest BCUT2D eigenvalue weighted by molar-refractivity contribution is -0.141. The van der Waals surface area contributed by atoms with Gasteiger partial charge in [0.1, 0.15) is 29.3 Å². The Kier molecular flexibility index (Phi) is 10.4. The van der Waals surface area contributed by atoms with E-state index < -0.39 is 80.4 Å². The van der Waals surface area contributed by atoms with Gasteiger partial charge in [-0.1, -0.05) is 49.3 Å². The van der Waals surface area contributed by atoms with Crippen LogP contribution in [-0.4, -0.2) is 95.8 Å². The number of fused-ring (bicyclic) bond motifs is 3. The van der Waals surface area contributed by atoms with E-state index in [4.69, 9.17) is 9.47 Å². The third kappa shape index (κ3) is 8.67. The topological polar surface area (TPSA) is 181 Å².